The molecule has 30 heavy (non-hydrogen) atoms. The summed E-state index contributed by atoms with van der Waals surface area (Å²) >= 11 is 0. The number of aliphatic carboxylic acids is 1. The standard InChI is InChI=1S/C26H38O4/c1-18(2)7-5-8-19(3)9-6-13-26(4)14-12-20-15-22(10-11-24(20)30-26)29-23-16-21(17-23)25(27)28/h6,10-11,13,15,18-19,21,23H,5,7-9,12,14,16-17H2,1-4H3,(H,27,28)/b13-6+. The minimum absolute atomic E-state index is 0.0179. The van der Waals surface area contributed by atoms with Crippen LogP contribution < -0.4 is 9.47 Å². The highest BCUT2D eigenvalue weighted by Gasteiger charge is 2.36. The minimum Gasteiger partial charge on any atom is -0.490 e. The molecule has 0 amide bonds. The number of hydrogen-bond acceptors (Lipinski definition) is 3. The molecule has 1 aliphatic carbocycles. The van der Waals surface area contributed by atoms with Crippen LogP contribution in [0.3, 0.4) is 0 Å². The van der Waals surface area contributed by atoms with E-state index >= 15 is 0 Å². The molecule has 0 radical (unpaired) electrons. The van der Waals surface area contributed by atoms with E-state index in [9.17, 15) is 4.79 Å². The van der Waals surface area contributed by atoms with Crippen molar-refractivity contribution in [2.45, 2.75) is 90.8 Å². The fourth-order valence-electron chi connectivity index (χ4n) is 4.32. The van der Waals surface area contributed by atoms with Gasteiger partial charge < -0.3 is 14.6 Å². The number of fused-ring (bicyclic) bond motifs is 1. The zero-order chi connectivity index (χ0) is 21.7. The molecule has 1 N–H and O–H groups in total. The maximum atomic E-state index is 10.9. The number of rotatable bonds is 10. The molecule has 1 aromatic rings. The van der Waals surface area contributed by atoms with Gasteiger partial charge in [-0.25, -0.2) is 0 Å². The number of aryl methyl sites for hydroxylation is 1. The molecule has 1 saturated carbocycles. The molecule has 2 unspecified atom stereocenters. The molecule has 166 valence electrons. The SMILES string of the molecule is CC(C)CCCC(C)C/C=C/C1(C)CCc2cc(OC3CC(C(=O)O)C3)ccc2O1. The van der Waals surface area contributed by atoms with Crippen LogP contribution in [0, 0.1) is 17.8 Å². The van der Waals surface area contributed by atoms with Gasteiger partial charge in [0.25, 0.3) is 0 Å². The zero-order valence-electron chi connectivity index (χ0n) is 19.0. The number of allylic oxidation sites excluding steroid dienone is 1. The molecule has 2 aliphatic rings. The first-order valence-corrected chi connectivity index (χ1v) is 11.6. The molecule has 1 aromatic carbocycles. The zero-order valence-corrected chi connectivity index (χ0v) is 19.0. The highest BCUT2D eigenvalue weighted by atomic mass is 16.5. The Morgan fingerprint density at radius 3 is 2.77 bits per heavy atom. The second-order valence-electron chi connectivity index (χ2n) is 10.00. The van der Waals surface area contributed by atoms with E-state index in [4.69, 9.17) is 14.6 Å². The lowest BCUT2D eigenvalue weighted by Crippen LogP contribution is -2.38. The Morgan fingerprint density at radius 2 is 2.07 bits per heavy atom. The van der Waals surface area contributed by atoms with Gasteiger partial charge in [-0.15, -0.1) is 0 Å². The van der Waals surface area contributed by atoms with Gasteiger partial charge in [-0.1, -0.05) is 46.1 Å². The second kappa shape index (κ2) is 9.89. The Bertz CT molecular complexity index is 747. The number of carboxylic acids is 1. The van der Waals surface area contributed by atoms with E-state index < -0.39 is 5.97 Å². The van der Waals surface area contributed by atoms with Crippen LogP contribution in [-0.2, 0) is 11.2 Å². The van der Waals surface area contributed by atoms with Gasteiger partial charge in [0.2, 0.25) is 0 Å². The monoisotopic (exact) mass is 414 g/mol. The Labute approximate surface area is 181 Å². The van der Waals surface area contributed by atoms with Crippen molar-refractivity contribution in [3.05, 3.63) is 35.9 Å². The first-order chi connectivity index (χ1) is 14.2. The molecule has 4 heteroatoms. The van der Waals surface area contributed by atoms with Crippen LogP contribution >= 0.6 is 0 Å². The summed E-state index contributed by atoms with van der Waals surface area (Å²) in [5.41, 5.74) is 0.921. The number of carbonyl (C=O) groups is 1. The highest BCUT2D eigenvalue weighted by molar-refractivity contribution is 5.71. The number of carboxylic acid groups (broad SMARTS) is 1. The van der Waals surface area contributed by atoms with Crippen LogP contribution in [0.2, 0.25) is 0 Å². The molecule has 0 aromatic heterocycles. The van der Waals surface area contributed by atoms with Crippen LogP contribution in [0.25, 0.3) is 0 Å². The summed E-state index contributed by atoms with van der Waals surface area (Å²) in [5.74, 6) is 2.30. The van der Waals surface area contributed by atoms with E-state index in [0.29, 0.717) is 18.8 Å². The molecule has 4 nitrogen and oxygen atoms in total. The smallest absolute Gasteiger partial charge is 0.306 e. The first kappa shape index (κ1) is 22.7. The number of benzene rings is 1. The molecule has 0 spiro atoms. The van der Waals surface area contributed by atoms with Crippen molar-refractivity contribution in [1.82, 2.24) is 0 Å². The summed E-state index contributed by atoms with van der Waals surface area (Å²) in [6.07, 6.45) is 12.7. The van der Waals surface area contributed by atoms with Crippen molar-refractivity contribution >= 4 is 5.97 Å². The summed E-state index contributed by atoms with van der Waals surface area (Å²) in [5, 5.41) is 9.00. The molecular weight excluding hydrogens is 376 g/mol. The molecule has 0 saturated heterocycles. The fraction of sp³-hybridized carbons (Fsp3) is 0.654. The Morgan fingerprint density at radius 1 is 1.30 bits per heavy atom. The van der Waals surface area contributed by atoms with E-state index in [2.05, 4.69) is 45.9 Å². The van der Waals surface area contributed by atoms with E-state index in [1.807, 2.05) is 12.1 Å². The van der Waals surface area contributed by atoms with Crippen molar-refractivity contribution < 1.29 is 19.4 Å². The predicted molar refractivity (Wildman–Crippen MR) is 120 cm³/mol. The van der Waals surface area contributed by atoms with Crippen LogP contribution in [0.4, 0.5) is 0 Å². The Kier molecular flexibility index (Phi) is 7.49. The second-order valence-corrected chi connectivity index (χ2v) is 10.00. The van der Waals surface area contributed by atoms with Gasteiger partial charge in [-0.3, -0.25) is 4.79 Å². The predicted octanol–water partition coefficient (Wildman–Crippen LogP) is 6.42. The topological polar surface area (TPSA) is 55.8 Å². The maximum absolute atomic E-state index is 10.9. The van der Waals surface area contributed by atoms with Gasteiger partial charge >= 0.3 is 5.97 Å². The highest BCUT2D eigenvalue weighted by Crippen LogP contribution is 2.38. The molecule has 3 rings (SSSR count). The summed E-state index contributed by atoms with van der Waals surface area (Å²) in [6, 6.07) is 6.00. The van der Waals surface area contributed by atoms with E-state index in [1.54, 1.807) is 0 Å². The summed E-state index contributed by atoms with van der Waals surface area (Å²) < 4.78 is 12.3. The fourth-order valence-corrected chi connectivity index (χ4v) is 4.32. The third-order valence-corrected chi connectivity index (χ3v) is 6.50. The average molecular weight is 415 g/mol. The van der Waals surface area contributed by atoms with Crippen molar-refractivity contribution in [2.75, 3.05) is 0 Å². The molecule has 1 heterocycles. The van der Waals surface area contributed by atoms with Crippen molar-refractivity contribution in [2.24, 2.45) is 17.8 Å². The van der Waals surface area contributed by atoms with Gasteiger partial charge in [-0.05, 0) is 80.7 Å². The summed E-state index contributed by atoms with van der Waals surface area (Å²) in [6.45, 7) is 9.09. The maximum Gasteiger partial charge on any atom is 0.306 e. The van der Waals surface area contributed by atoms with Gasteiger partial charge in [-0.2, -0.15) is 0 Å². The van der Waals surface area contributed by atoms with Crippen molar-refractivity contribution in [3.63, 3.8) is 0 Å². The van der Waals surface area contributed by atoms with E-state index in [0.717, 1.165) is 36.7 Å². The van der Waals surface area contributed by atoms with Crippen LogP contribution in [0.15, 0.2) is 30.4 Å². The lowest BCUT2D eigenvalue weighted by molar-refractivity contribution is -0.147. The van der Waals surface area contributed by atoms with E-state index in [-0.39, 0.29) is 17.6 Å². The lowest BCUT2D eigenvalue weighted by atomic mass is 9.82. The summed E-state index contributed by atoms with van der Waals surface area (Å²) in [4.78, 5) is 10.9. The van der Waals surface area contributed by atoms with Crippen LogP contribution in [0.1, 0.15) is 78.2 Å². The first-order valence-electron chi connectivity index (χ1n) is 11.6. The lowest BCUT2D eigenvalue weighted by Gasteiger charge is -2.35. The van der Waals surface area contributed by atoms with Crippen molar-refractivity contribution in [3.8, 4) is 11.5 Å². The van der Waals surface area contributed by atoms with Gasteiger partial charge in [0.1, 0.15) is 23.2 Å². The summed E-state index contributed by atoms with van der Waals surface area (Å²) in [7, 11) is 0. The van der Waals surface area contributed by atoms with Crippen LogP contribution in [-0.4, -0.2) is 22.8 Å². The molecule has 1 aliphatic heterocycles. The van der Waals surface area contributed by atoms with E-state index in [1.165, 1.54) is 24.8 Å². The third-order valence-electron chi connectivity index (χ3n) is 6.50. The molecular formula is C26H38O4. The Balaban J connectivity index is 1.48. The minimum atomic E-state index is -0.717. The quantitative estimate of drug-likeness (QED) is 0.449. The van der Waals surface area contributed by atoms with Crippen molar-refractivity contribution in [1.29, 1.82) is 0 Å². The van der Waals surface area contributed by atoms with Crippen LogP contribution in [0.5, 0.6) is 11.5 Å². The largest absolute Gasteiger partial charge is 0.490 e. The third kappa shape index (κ3) is 6.26. The number of ether oxygens (including phenoxy) is 2. The van der Waals surface area contributed by atoms with Gasteiger partial charge in [0.05, 0.1) is 5.92 Å². The molecule has 1 fully saturated rings. The number of hydrogen-bond donors (Lipinski definition) is 1. The Hall–Kier alpha value is -1.97. The van der Waals surface area contributed by atoms with Gasteiger partial charge in [0, 0.05) is 0 Å². The average Bonchev–Trinajstić information content (AvgIpc) is 2.63. The normalized spacial score (nSPS) is 26.7. The molecule has 2 atom stereocenters. The molecule has 0 bridgehead atoms. The van der Waals surface area contributed by atoms with Gasteiger partial charge in [0.15, 0.2) is 0 Å².